The van der Waals surface area contributed by atoms with E-state index in [0.717, 1.165) is 5.56 Å². The molecule has 22 heavy (non-hydrogen) atoms. The summed E-state index contributed by atoms with van der Waals surface area (Å²) in [4.78, 5) is 17.2. The maximum Gasteiger partial charge on any atom is 0.341 e. The number of aromatic nitrogens is 3. The van der Waals surface area contributed by atoms with Crippen LogP contribution in [-0.4, -0.2) is 32.7 Å². The van der Waals surface area contributed by atoms with Gasteiger partial charge in [-0.2, -0.15) is 9.61 Å². The minimum absolute atomic E-state index is 0.0249. The fourth-order valence-electron chi connectivity index (χ4n) is 2.28. The number of aromatic carboxylic acids is 1. The van der Waals surface area contributed by atoms with E-state index < -0.39 is 5.97 Å². The molecule has 2 aromatic heterocycles. The van der Waals surface area contributed by atoms with E-state index in [-0.39, 0.29) is 16.4 Å². The van der Waals surface area contributed by atoms with Gasteiger partial charge in [0.25, 0.3) is 0 Å². The molecule has 3 rings (SSSR count). The van der Waals surface area contributed by atoms with Crippen LogP contribution in [0, 0.1) is 0 Å². The monoisotopic (exact) mass is 316 g/mol. The van der Waals surface area contributed by atoms with Crippen molar-refractivity contribution in [3.8, 4) is 0 Å². The second-order valence-corrected chi connectivity index (χ2v) is 5.26. The minimum Gasteiger partial charge on any atom is -0.477 e. The van der Waals surface area contributed by atoms with Gasteiger partial charge < -0.3 is 10.0 Å². The van der Waals surface area contributed by atoms with E-state index in [0.29, 0.717) is 12.4 Å². The Morgan fingerprint density at radius 3 is 2.77 bits per heavy atom. The number of carboxylic acids is 1. The molecular formula is C15H13ClN4O2. The molecule has 2 heterocycles. The van der Waals surface area contributed by atoms with Crippen LogP contribution in [-0.2, 0) is 6.54 Å². The SMILES string of the molecule is CN(Cc1ccccc1)c1cc(Cl)nc2c(C(=O)O)cnn12. The van der Waals surface area contributed by atoms with Crippen molar-refractivity contribution in [2.24, 2.45) is 0 Å². The molecule has 0 saturated heterocycles. The number of hydrogen-bond donors (Lipinski definition) is 1. The molecule has 1 aromatic carbocycles. The van der Waals surface area contributed by atoms with Gasteiger partial charge in [-0.15, -0.1) is 0 Å². The van der Waals surface area contributed by atoms with E-state index in [2.05, 4.69) is 10.1 Å². The summed E-state index contributed by atoms with van der Waals surface area (Å²) in [5.41, 5.74) is 1.38. The second kappa shape index (κ2) is 5.65. The summed E-state index contributed by atoms with van der Waals surface area (Å²) in [6, 6.07) is 11.6. The van der Waals surface area contributed by atoms with Crippen molar-refractivity contribution < 1.29 is 9.90 Å². The lowest BCUT2D eigenvalue weighted by Gasteiger charge is -2.20. The van der Waals surface area contributed by atoms with E-state index in [4.69, 9.17) is 11.6 Å². The maximum atomic E-state index is 11.2. The van der Waals surface area contributed by atoms with Gasteiger partial charge >= 0.3 is 5.97 Å². The van der Waals surface area contributed by atoms with Crippen LogP contribution in [0.4, 0.5) is 5.82 Å². The molecular weight excluding hydrogens is 304 g/mol. The Morgan fingerprint density at radius 1 is 1.36 bits per heavy atom. The zero-order valence-electron chi connectivity index (χ0n) is 11.8. The van der Waals surface area contributed by atoms with Gasteiger partial charge in [0.15, 0.2) is 5.65 Å². The van der Waals surface area contributed by atoms with Crippen molar-refractivity contribution in [2.75, 3.05) is 11.9 Å². The highest BCUT2D eigenvalue weighted by molar-refractivity contribution is 6.29. The number of hydrogen-bond acceptors (Lipinski definition) is 4. The Hall–Kier alpha value is -2.60. The van der Waals surface area contributed by atoms with Gasteiger partial charge in [-0.1, -0.05) is 41.9 Å². The Bertz CT molecular complexity index is 832. The molecule has 3 aromatic rings. The lowest BCUT2D eigenvalue weighted by Crippen LogP contribution is -2.20. The van der Waals surface area contributed by atoms with Crippen LogP contribution in [0.2, 0.25) is 5.15 Å². The van der Waals surface area contributed by atoms with Gasteiger partial charge in [-0.3, -0.25) is 0 Å². The molecule has 0 unspecified atom stereocenters. The lowest BCUT2D eigenvalue weighted by molar-refractivity contribution is 0.0699. The number of rotatable bonds is 4. The second-order valence-electron chi connectivity index (χ2n) is 4.88. The average Bonchev–Trinajstić information content (AvgIpc) is 2.91. The number of halogens is 1. The summed E-state index contributed by atoms with van der Waals surface area (Å²) in [5, 5.41) is 13.5. The van der Waals surface area contributed by atoms with Crippen molar-refractivity contribution in [1.82, 2.24) is 14.6 Å². The molecule has 7 heteroatoms. The van der Waals surface area contributed by atoms with E-state index in [9.17, 15) is 9.90 Å². The third-order valence-electron chi connectivity index (χ3n) is 3.31. The molecule has 0 fully saturated rings. The molecule has 0 aliphatic heterocycles. The van der Waals surface area contributed by atoms with E-state index in [1.165, 1.54) is 10.7 Å². The summed E-state index contributed by atoms with van der Waals surface area (Å²) in [6.07, 6.45) is 1.28. The third kappa shape index (κ3) is 2.60. The van der Waals surface area contributed by atoms with Gasteiger partial charge in [0.05, 0.1) is 6.20 Å². The normalized spacial score (nSPS) is 10.8. The number of carboxylic acid groups (broad SMARTS) is 1. The zero-order chi connectivity index (χ0) is 15.7. The highest BCUT2D eigenvalue weighted by Crippen LogP contribution is 2.22. The van der Waals surface area contributed by atoms with Gasteiger partial charge in [-0.25, -0.2) is 9.78 Å². The smallest absolute Gasteiger partial charge is 0.341 e. The third-order valence-corrected chi connectivity index (χ3v) is 3.50. The van der Waals surface area contributed by atoms with Crippen LogP contribution in [0.25, 0.3) is 5.65 Å². The van der Waals surface area contributed by atoms with E-state index >= 15 is 0 Å². The fraction of sp³-hybridized carbons (Fsp3) is 0.133. The van der Waals surface area contributed by atoms with Gasteiger partial charge in [-0.05, 0) is 5.56 Å². The Labute approximate surface area is 131 Å². The predicted molar refractivity (Wildman–Crippen MR) is 83.5 cm³/mol. The van der Waals surface area contributed by atoms with E-state index in [1.54, 1.807) is 6.07 Å². The summed E-state index contributed by atoms with van der Waals surface area (Å²) < 4.78 is 1.48. The lowest BCUT2D eigenvalue weighted by atomic mass is 10.2. The van der Waals surface area contributed by atoms with Crippen LogP contribution in [0.15, 0.2) is 42.6 Å². The molecule has 0 spiro atoms. The number of anilines is 1. The minimum atomic E-state index is -1.08. The first kappa shape index (κ1) is 14.3. The molecule has 1 N–H and O–H groups in total. The molecule has 0 atom stereocenters. The first-order chi connectivity index (χ1) is 10.6. The van der Waals surface area contributed by atoms with Crippen LogP contribution in [0.3, 0.4) is 0 Å². The van der Waals surface area contributed by atoms with Crippen LogP contribution in [0.1, 0.15) is 15.9 Å². The van der Waals surface area contributed by atoms with Crippen molar-refractivity contribution >= 4 is 29.0 Å². The standard InChI is InChI=1S/C15H13ClN4O2/c1-19(9-10-5-3-2-4-6-10)13-7-12(16)18-14-11(15(21)22)8-17-20(13)14/h2-8H,9H2,1H3,(H,21,22). The number of carbonyl (C=O) groups is 1. The Balaban J connectivity index is 2.04. The molecule has 112 valence electrons. The van der Waals surface area contributed by atoms with Gasteiger partial charge in [0, 0.05) is 19.7 Å². The quantitative estimate of drug-likeness (QED) is 0.749. The van der Waals surface area contributed by atoms with Crippen molar-refractivity contribution in [2.45, 2.75) is 6.54 Å². The molecule has 0 amide bonds. The van der Waals surface area contributed by atoms with E-state index in [1.807, 2.05) is 42.3 Å². The van der Waals surface area contributed by atoms with Gasteiger partial charge in [0.2, 0.25) is 0 Å². The van der Waals surface area contributed by atoms with Crippen molar-refractivity contribution in [3.05, 3.63) is 58.9 Å². The first-order valence-corrected chi connectivity index (χ1v) is 6.96. The topological polar surface area (TPSA) is 70.7 Å². The fourth-order valence-corrected chi connectivity index (χ4v) is 2.46. The number of nitrogens with zero attached hydrogens (tertiary/aromatic N) is 4. The number of fused-ring (bicyclic) bond motifs is 1. The molecule has 0 radical (unpaired) electrons. The molecule has 0 bridgehead atoms. The van der Waals surface area contributed by atoms with Crippen LogP contribution in [0.5, 0.6) is 0 Å². The van der Waals surface area contributed by atoms with Gasteiger partial charge in [0.1, 0.15) is 16.5 Å². The number of benzene rings is 1. The zero-order valence-corrected chi connectivity index (χ0v) is 12.5. The van der Waals surface area contributed by atoms with Crippen LogP contribution >= 0.6 is 11.6 Å². The first-order valence-electron chi connectivity index (χ1n) is 6.59. The molecule has 0 saturated carbocycles. The highest BCUT2D eigenvalue weighted by Gasteiger charge is 2.17. The van der Waals surface area contributed by atoms with Crippen molar-refractivity contribution in [3.63, 3.8) is 0 Å². The summed E-state index contributed by atoms with van der Waals surface area (Å²) in [5.74, 6) is -0.409. The maximum absolute atomic E-state index is 11.2. The summed E-state index contributed by atoms with van der Waals surface area (Å²) in [7, 11) is 1.89. The molecule has 0 aliphatic rings. The average molecular weight is 317 g/mol. The van der Waals surface area contributed by atoms with Crippen LogP contribution < -0.4 is 4.90 Å². The Kier molecular flexibility index (Phi) is 3.68. The highest BCUT2D eigenvalue weighted by atomic mass is 35.5. The Morgan fingerprint density at radius 2 is 2.09 bits per heavy atom. The largest absolute Gasteiger partial charge is 0.477 e. The summed E-state index contributed by atoms with van der Waals surface area (Å²) in [6.45, 7) is 0.637. The molecule has 6 nitrogen and oxygen atoms in total. The summed E-state index contributed by atoms with van der Waals surface area (Å²) >= 11 is 6.03. The van der Waals surface area contributed by atoms with Crippen molar-refractivity contribution in [1.29, 1.82) is 0 Å². The predicted octanol–water partition coefficient (Wildman–Crippen LogP) is 2.72. The molecule has 0 aliphatic carbocycles.